The van der Waals surface area contributed by atoms with Gasteiger partial charge in [-0.1, -0.05) is 41.7 Å². The molecule has 0 aliphatic carbocycles. The minimum atomic E-state index is -0.158. The monoisotopic (exact) mass is 445 g/mol. The quantitative estimate of drug-likeness (QED) is 0.445. The summed E-state index contributed by atoms with van der Waals surface area (Å²) in [7, 11) is 3.97. The third-order valence-electron chi connectivity index (χ3n) is 5.48. The molecule has 164 valence electrons. The smallest absolute Gasteiger partial charge is 0.267 e. The molecule has 0 unspecified atom stereocenters. The summed E-state index contributed by atoms with van der Waals surface area (Å²) >= 11 is 1.36. The third kappa shape index (κ3) is 4.43. The van der Waals surface area contributed by atoms with Crippen molar-refractivity contribution in [2.45, 2.75) is 27.2 Å². The number of anilines is 2. The summed E-state index contributed by atoms with van der Waals surface area (Å²) in [5, 5.41) is 8.41. The Morgan fingerprint density at radius 3 is 2.34 bits per heavy atom. The fourth-order valence-corrected chi connectivity index (χ4v) is 4.60. The van der Waals surface area contributed by atoms with Crippen molar-refractivity contribution in [3.63, 3.8) is 0 Å². The van der Waals surface area contributed by atoms with Crippen LogP contribution in [0.25, 0.3) is 5.13 Å². The fraction of sp³-hybridized carbons (Fsp3) is 0.240. The minimum absolute atomic E-state index is 0.158. The molecule has 1 N–H and O–H groups in total. The van der Waals surface area contributed by atoms with Gasteiger partial charge in [0.2, 0.25) is 5.13 Å². The second kappa shape index (κ2) is 8.96. The van der Waals surface area contributed by atoms with Crippen molar-refractivity contribution in [2.75, 3.05) is 24.3 Å². The highest BCUT2D eigenvalue weighted by atomic mass is 32.1. The van der Waals surface area contributed by atoms with E-state index >= 15 is 0 Å². The molecule has 2 aromatic carbocycles. The number of aromatic nitrogens is 3. The Balaban J connectivity index is 1.57. The number of carbonyl (C=O) groups is 1. The van der Waals surface area contributed by atoms with Crippen LogP contribution in [-0.2, 0) is 6.42 Å². The Hall–Kier alpha value is -3.45. The molecule has 4 rings (SSSR count). The predicted molar refractivity (Wildman–Crippen MR) is 131 cm³/mol. The summed E-state index contributed by atoms with van der Waals surface area (Å²) in [6.07, 6.45) is 0.819. The van der Waals surface area contributed by atoms with Crippen LogP contribution < -0.4 is 10.2 Å². The maximum atomic E-state index is 12.9. The van der Waals surface area contributed by atoms with E-state index in [9.17, 15) is 4.79 Å². The van der Waals surface area contributed by atoms with Gasteiger partial charge >= 0.3 is 0 Å². The lowest BCUT2D eigenvalue weighted by Gasteiger charge is -2.12. The van der Waals surface area contributed by atoms with E-state index in [2.05, 4.69) is 29.4 Å². The highest BCUT2D eigenvalue weighted by molar-refractivity contribution is 7.16. The van der Waals surface area contributed by atoms with Gasteiger partial charge in [-0.2, -0.15) is 5.10 Å². The molecule has 0 radical (unpaired) electrons. The second-order valence-corrected chi connectivity index (χ2v) is 9.01. The first-order valence-corrected chi connectivity index (χ1v) is 11.3. The molecule has 2 aromatic heterocycles. The number of hydrogen-bond donors (Lipinski definition) is 1. The zero-order chi connectivity index (χ0) is 22.8. The van der Waals surface area contributed by atoms with Gasteiger partial charge in [-0.05, 0) is 50.6 Å². The first kappa shape index (κ1) is 21.8. The number of rotatable bonds is 6. The van der Waals surface area contributed by atoms with Crippen molar-refractivity contribution in [1.29, 1.82) is 0 Å². The molecule has 6 nitrogen and oxygen atoms in total. The Bertz CT molecular complexity index is 1240. The molecule has 0 bridgehead atoms. The lowest BCUT2D eigenvalue weighted by molar-refractivity contribution is 0.103. The third-order valence-corrected chi connectivity index (χ3v) is 6.61. The van der Waals surface area contributed by atoms with Crippen molar-refractivity contribution in [3.05, 3.63) is 87.7 Å². The average molecular weight is 446 g/mol. The maximum absolute atomic E-state index is 12.9. The zero-order valence-electron chi connectivity index (χ0n) is 19.0. The molecule has 0 atom stereocenters. The van der Waals surface area contributed by atoms with Crippen LogP contribution >= 0.6 is 11.3 Å². The number of nitrogens with zero attached hydrogens (tertiary/aromatic N) is 4. The predicted octanol–water partition coefficient (Wildman–Crippen LogP) is 5.16. The van der Waals surface area contributed by atoms with E-state index in [1.54, 1.807) is 0 Å². The topological polar surface area (TPSA) is 63.1 Å². The van der Waals surface area contributed by atoms with Crippen LogP contribution in [0.15, 0.2) is 54.6 Å². The standard InChI is InChI=1S/C25H27N5OS/c1-16-22(15-19-9-7-6-8-10-19)18(3)30(28-16)25-26-17(2)23(32-25)24(31)27-20-11-13-21(14-12-20)29(4)5/h6-14H,15H2,1-5H3,(H,27,31). The summed E-state index contributed by atoms with van der Waals surface area (Å²) in [6, 6.07) is 18.1. The van der Waals surface area contributed by atoms with Gasteiger partial charge in [0.15, 0.2) is 0 Å². The van der Waals surface area contributed by atoms with Crippen LogP contribution in [-0.4, -0.2) is 34.8 Å². The van der Waals surface area contributed by atoms with E-state index in [0.717, 1.165) is 29.2 Å². The SMILES string of the molecule is Cc1nc(-n2nc(C)c(Cc3ccccc3)c2C)sc1C(=O)Nc1ccc(N(C)C)cc1. The molecule has 1 amide bonds. The highest BCUT2D eigenvalue weighted by Crippen LogP contribution is 2.27. The number of carbonyl (C=O) groups excluding carboxylic acids is 1. The van der Waals surface area contributed by atoms with E-state index in [0.29, 0.717) is 15.7 Å². The molecule has 0 aliphatic rings. The van der Waals surface area contributed by atoms with Crippen LogP contribution in [0.3, 0.4) is 0 Å². The number of benzene rings is 2. The Morgan fingerprint density at radius 2 is 1.69 bits per heavy atom. The van der Waals surface area contributed by atoms with Gasteiger partial charge in [0, 0.05) is 43.1 Å². The Labute approximate surface area is 192 Å². The minimum Gasteiger partial charge on any atom is -0.378 e. The number of thiazole rings is 1. The van der Waals surface area contributed by atoms with Crippen LogP contribution in [0.2, 0.25) is 0 Å². The molecule has 0 spiro atoms. The summed E-state index contributed by atoms with van der Waals surface area (Å²) in [5.41, 5.74) is 6.99. The van der Waals surface area contributed by atoms with E-state index in [-0.39, 0.29) is 5.91 Å². The van der Waals surface area contributed by atoms with Crippen LogP contribution in [0.1, 0.15) is 37.9 Å². The van der Waals surface area contributed by atoms with Crippen molar-refractivity contribution in [2.24, 2.45) is 0 Å². The first-order chi connectivity index (χ1) is 15.3. The van der Waals surface area contributed by atoms with Crippen molar-refractivity contribution in [1.82, 2.24) is 14.8 Å². The maximum Gasteiger partial charge on any atom is 0.267 e. The average Bonchev–Trinajstić information content (AvgIpc) is 3.29. The van der Waals surface area contributed by atoms with Gasteiger partial charge in [0.05, 0.1) is 11.4 Å². The summed E-state index contributed by atoms with van der Waals surface area (Å²) in [4.78, 5) is 20.2. The lowest BCUT2D eigenvalue weighted by Crippen LogP contribution is -2.12. The van der Waals surface area contributed by atoms with Gasteiger partial charge in [-0.25, -0.2) is 9.67 Å². The highest BCUT2D eigenvalue weighted by Gasteiger charge is 2.20. The molecule has 7 heteroatoms. The summed E-state index contributed by atoms with van der Waals surface area (Å²) in [6.45, 7) is 5.94. The summed E-state index contributed by atoms with van der Waals surface area (Å²) in [5.74, 6) is -0.158. The molecule has 0 saturated carbocycles. The molecular weight excluding hydrogens is 418 g/mol. The van der Waals surface area contributed by atoms with Gasteiger partial charge in [-0.3, -0.25) is 4.79 Å². The molecule has 0 aliphatic heterocycles. The Morgan fingerprint density at radius 1 is 1.00 bits per heavy atom. The van der Waals surface area contributed by atoms with Gasteiger partial charge in [-0.15, -0.1) is 0 Å². The van der Waals surface area contributed by atoms with Crippen molar-refractivity contribution < 1.29 is 4.79 Å². The summed E-state index contributed by atoms with van der Waals surface area (Å²) < 4.78 is 1.86. The zero-order valence-corrected chi connectivity index (χ0v) is 19.8. The fourth-order valence-electron chi connectivity index (χ4n) is 3.63. The second-order valence-electron chi connectivity index (χ2n) is 8.03. The number of aryl methyl sites for hydroxylation is 2. The van der Waals surface area contributed by atoms with E-state index < -0.39 is 0 Å². The molecule has 4 aromatic rings. The molecule has 0 fully saturated rings. The lowest BCUT2D eigenvalue weighted by atomic mass is 10.0. The molecule has 32 heavy (non-hydrogen) atoms. The van der Waals surface area contributed by atoms with E-state index in [1.165, 1.54) is 22.5 Å². The van der Waals surface area contributed by atoms with Gasteiger partial charge in [0.25, 0.3) is 5.91 Å². The first-order valence-electron chi connectivity index (χ1n) is 10.5. The Kier molecular flexibility index (Phi) is 6.10. The van der Waals surface area contributed by atoms with Crippen molar-refractivity contribution in [3.8, 4) is 5.13 Å². The largest absolute Gasteiger partial charge is 0.378 e. The van der Waals surface area contributed by atoms with Gasteiger partial charge < -0.3 is 10.2 Å². The molecule has 2 heterocycles. The van der Waals surface area contributed by atoms with Crippen LogP contribution in [0.4, 0.5) is 11.4 Å². The van der Waals surface area contributed by atoms with E-state index in [4.69, 9.17) is 5.10 Å². The van der Waals surface area contributed by atoms with Crippen LogP contribution in [0, 0.1) is 20.8 Å². The van der Waals surface area contributed by atoms with Gasteiger partial charge in [0.1, 0.15) is 4.88 Å². The van der Waals surface area contributed by atoms with Crippen molar-refractivity contribution >= 4 is 28.6 Å². The van der Waals surface area contributed by atoms with E-state index in [1.807, 2.05) is 80.0 Å². The van der Waals surface area contributed by atoms with Crippen LogP contribution in [0.5, 0.6) is 0 Å². The molecular formula is C25H27N5OS. The number of hydrogen-bond acceptors (Lipinski definition) is 5. The number of nitrogens with one attached hydrogen (secondary N) is 1. The molecule has 0 saturated heterocycles. The number of amides is 1. The normalized spacial score (nSPS) is 10.9.